The van der Waals surface area contributed by atoms with E-state index in [-0.39, 0.29) is 6.04 Å². The summed E-state index contributed by atoms with van der Waals surface area (Å²) in [5.74, 6) is 4.72. The standard InChI is InChI=1S/C10H15N3OS/c1-2-7(1)5-9-12-10(14-13-9)8-6-15-4-3-11-8/h7-8,11H,1-6H2. The zero-order chi connectivity index (χ0) is 10.1. The second-order valence-corrected chi connectivity index (χ2v) is 5.43. The molecule has 1 aromatic rings. The van der Waals surface area contributed by atoms with Crippen LogP contribution in [0, 0.1) is 5.92 Å². The van der Waals surface area contributed by atoms with Gasteiger partial charge in [-0.05, 0) is 18.8 Å². The van der Waals surface area contributed by atoms with Crippen molar-refractivity contribution in [3.8, 4) is 0 Å². The summed E-state index contributed by atoms with van der Waals surface area (Å²) in [6.45, 7) is 1.04. The number of rotatable bonds is 3. The largest absolute Gasteiger partial charge is 0.338 e. The minimum Gasteiger partial charge on any atom is -0.338 e. The minimum atomic E-state index is 0.268. The number of nitrogens with zero attached hydrogens (tertiary/aromatic N) is 2. The lowest BCUT2D eigenvalue weighted by atomic mass is 10.3. The van der Waals surface area contributed by atoms with E-state index in [2.05, 4.69) is 15.5 Å². The van der Waals surface area contributed by atoms with E-state index < -0.39 is 0 Å². The van der Waals surface area contributed by atoms with Gasteiger partial charge in [-0.3, -0.25) is 0 Å². The van der Waals surface area contributed by atoms with E-state index >= 15 is 0 Å². The van der Waals surface area contributed by atoms with Crippen LogP contribution in [0.15, 0.2) is 4.52 Å². The molecule has 1 aliphatic carbocycles. The van der Waals surface area contributed by atoms with Gasteiger partial charge in [0.05, 0.1) is 6.04 Å². The summed E-state index contributed by atoms with van der Waals surface area (Å²) in [5, 5.41) is 7.44. The predicted molar refractivity (Wildman–Crippen MR) is 58.8 cm³/mol. The van der Waals surface area contributed by atoms with Crippen LogP contribution in [-0.4, -0.2) is 28.2 Å². The molecule has 0 spiro atoms. The summed E-state index contributed by atoms with van der Waals surface area (Å²) in [7, 11) is 0. The van der Waals surface area contributed by atoms with Gasteiger partial charge in [0, 0.05) is 24.5 Å². The molecule has 5 heteroatoms. The molecule has 3 rings (SSSR count). The molecule has 1 aromatic heterocycles. The number of hydrogen-bond donors (Lipinski definition) is 1. The van der Waals surface area contributed by atoms with Crippen molar-refractivity contribution in [2.75, 3.05) is 18.1 Å². The second-order valence-electron chi connectivity index (χ2n) is 4.28. The Hall–Kier alpha value is -0.550. The Bertz CT molecular complexity index is 331. The van der Waals surface area contributed by atoms with Gasteiger partial charge in [0.1, 0.15) is 0 Å². The van der Waals surface area contributed by atoms with Crippen molar-refractivity contribution < 1.29 is 4.52 Å². The topological polar surface area (TPSA) is 51.0 Å². The highest BCUT2D eigenvalue weighted by Gasteiger charge is 2.26. The van der Waals surface area contributed by atoms with Gasteiger partial charge >= 0.3 is 0 Å². The van der Waals surface area contributed by atoms with Crippen molar-refractivity contribution in [3.05, 3.63) is 11.7 Å². The predicted octanol–water partition coefficient (Wildman–Crippen LogP) is 1.40. The fourth-order valence-corrected chi connectivity index (χ4v) is 2.72. The Kier molecular flexibility index (Phi) is 2.66. The quantitative estimate of drug-likeness (QED) is 0.842. The van der Waals surface area contributed by atoms with Crippen LogP contribution in [0.2, 0.25) is 0 Å². The van der Waals surface area contributed by atoms with Crippen molar-refractivity contribution in [3.63, 3.8) is 0 Å². The first-order valence-corrected chi connectivity index (χ1v) is 6.71. The second kappa shape index (κ2) is 4.14. The lowest BCUT2D eigenvalue weighted by Crippen LogP contribution is -2.30. The van der Waals surface area contributed by atoms with Crippen molar-refractivity contribution in [1.82, 2.24) is 15.5 Å². The van der Waals surface area contributed by atoms with Gasteiger partial charge in [-0.15, -0.1) is 0 Å². The fraction of sp³-hybridized carbons (Fsp3) is 0.800. The molecule has 1 aliphatic heterocycles. The van der Waals surface area contributed by atoms with Crippen molar-refractivity contribution in [2.45, 2.75) is 25.3 Å². The fourth-order valence-electron chi connectivity index (χ4n) is 1.80. The summed E-state index contributed by atoms with van der Waals surface area (Å²) >= 11 is 1.94. The molecule has 2 aliphatic rings. The highest BCUT2D eigenvalue weighted by molar-refractivity contribution is 7.99. The molecule has 0 radical (unpaired) electrons. The number of aromatic nitrogens is 2. The first-order chi connectivity index (χ1) is 7.42. The lowest BCUT2D eigenvalue weighted by molar-refractivity contribution is 0.338. The van der Waals surface area contributed by atoms with E-state index in [4.69, 9.17) is 4.52 Å². The monoisotopic (exact) mass is 225 g/mol. The molecule has 15 heavy (non-hydrogen) atoms. The molecule has 82 valence electrons. The first-order valence-electron chi connectivity index (χ1n) is 5.55. The van der Waals surface area contributed by atoms with Crippen LogP contribution in [0.5, 0.6) is 0 Å². The average Bonchev–Trinajstić information content (AvgIpc) is 2.96. The summed E-state index contributed by atoms with van der Waals surface area (Å²) in [6, 6.07) is 0.268. The highest BCUT2D eigenvalue weighted by atomic mass is 32.2. The van der Waals surface area contributed by atoms with Gasteiger partial charge in [-0.1, -0.05) is 5.16 Å². The number of nitrogens with one attached hydrogen (secondary N) is 1. The molecule has 1 saturated heterocycles. The molecule has 2 heterocycles. The van der Waals surface area contributed by atoms with Crippen molar-refractivity contribution in [1.29, 1.82) is 0 Å². The zero-order valence-electron chi connectivity index (χ0n) is 8.61. The van der Waals surface area contributed by atoms with Crippen LogP contribution in [-0.2, 0) is 6.42 Å². The third kappa shape index (κ3) is 2.34. The Labute approximate surface area is 93.2 Å². The van der Waals surface area contributed by atoms with Crippen molar-refractivity contribution in [2.24, 2.45) is 5.92 Å². The Balaban J connectivity index is 1.65. The molecule has 0 aromatic carbocycles. The molecule has 1 N–H and O–H groups in total. The summed E-state index contributed by atoms with van der Waals surface area (Å²) in [4.78, 5) is 4.46. The molecule has 1 unspecified atom stereocenters. The van der Waals surface area contributed by atoms with Crippen LogP contribution >= 0.6 is 11.8 Å². The van der Waals surface area contributed by atoms with Crippen LogP contribution < -0.4 is 5.32 Å². The molecular weight excluding hydrogens is 210 g/mol. The van der Waals surface area contributed by atoms with Crippen LogP contribution in [0.4, 0.5) is 0 Å². The van der Waals surface area contributed by atoms with E-state index in [1.165, 1.54) is 18.6 Å². The number of thioether (sulfide) groups is 1. The molecular formula is C10H15N3OS. The molecule has 0 amide bonds. The Morgan fingerprint density at radius 2 is 2.40 bits per heavy atom. The normalized spacial score (nSPS) is 26.8. The van der Waals surface area contributed by atoms with E-state index in [1.54, 1.807) is 0 Å². The molecule has 2 fully saturated rings. The first kappa shape index (κ1) is 9.66. The summed E-state index contributed by atoms with van der Waals surface area (Å²) < 4.78 is 5.30. The SMILES string of the molecule is C1CSCC(c2nc(CC3CC3)no2)N1. The Morgan fingerprint density at radius 3 is 3.13 bits per heavy atom. The molecule has 1 atom stereocenters. The molecule has 1 saturated carbocycles. The van der Waals surface area contributed by atoms with E-state index in [0.717, 1.165) is 36.4 Å². The van der Waals surface area contributed by atoms with Crippen LogP contribution in [0.25, 0.3) is 0 Å². The van der Waals surface area contributed by atoms with Gasteiger partial charge in [0.25, 0.3) is 0 Å². The zero-order valence-corrected chi connectivity index (χ0v) is 9.42. The lowest BCUT2D eigenvalue weighted by Gasteiger charge is -2.19. The maximum absolute atomic E-state index is 5.30. The summed E-state index contributed by atoms with van der Waals surface area (Å²) in [6.07, 6.45) is 3.67. The molecule has 0 bridgehead atoms. The van der Waals surface area contributed by atoms with Gasteiger partial charge in [0.2, 0.25) is 5.89 Å². The highest BCUT2D eigenvalue weighted by Crippen LogP contribution is 2.32. The van der Waals surface area contributed by atoms with Gasteiger partial charge in [0.15, 0.2) is 5.82 Å². The maximum atomic E-state index is 5.30. The smallest absolute Gasteiger partial charge is 0.244 e. The summed E-state index contributed by atoms with van der Waals surface area (Å²) in [5.41, 5.74) is 0. The van der Waals surface area contributed by atoms with Gasteiger partial charge in [-0.25, -0.2) is 0 Å². The molecule has 4 nitrogen and oxygen atoms in total. The Morgan fingerprint density at radius 1 is 1.47 bits per heavy atom. The third-order valence-corrected chi connectivity index (χ3v) is 3.93. The van der Waals surface area contributed by atoms with Gasteiger partial charge in [-0.2, -0.15) is 16.7 Å². The number of hydrogen-bond acceptors (Lipinski definition) is 5. The van der Waals surface area contributed by atoms with E-state index in [1.807, 2.05) is 11.8 Å². The van der Waals surface area contributed by atoms with Crippen molar-refractivity contribution >= 4 is 11.8 Å². The van der Waals surface area contributed by atoms with Crippen LogP contribution in [0.1, 0.15) is 30.6 Å². The van der Waals surface area contributed by atoms with Gasteiger partial charge < -0.3 is 9.84 Å². The van der Waals surface area contributed by atoms with E-state index in [0.29, 0.717) is 0 Å². The third-order valence-electron chi connectivity index (χ3n) is 2.87. The minimum absolute atomic E-state index is 0.268. The van der Waals surface area contributed by atoms with E-state index in [9.17, 15) is 0 Å². The average molecular weight is 225 g/mol. The van der Waals surface area contributed by atoms with Crippen LogP contribution in [0.3, 0.4) is 0 Å². The maximum Gasteiger partial charge on any atom is 0.244 e.